The van der Waals surface area contributed by atoms with Crippen LogP contribution in [0.15, 0.2) is 72.9 Å². The van der Waals surface area contributed by atoms with E-state index in [9.17, 15) is 14.4 Å². The number of pyridine rings is 1. The number of benzene rings is 3. The Morgan fingerprint density at radius 1 is 1.23 bits per heavy atom. The smallest absolute Gasteiger partial charge is 0.248 e. The first-order chi connectivity index (χ1) is 21.3. The topological polar surface area (TPSA) is 109 Å². The van der Waals surface area contributed by atoms with E-state index in [1.165, 1.54) is 18.3 Å². The van der Waals surface area contributed by atoms with Crippen molar-refractivity contribution in [1.29, 1.82) is 5.26 Å². The van der Waals surface area contributed by atoms with Crippen LogP contribution in [0.4, 0.5) is 21.5 Å². The molecule has 5 rings (SSSR count). The van der Waals surface area contributed by atoms with Crippen LogP contribution in [-0.2, 0) is 16.1 Å². The van der Waals surface area contributed by atoms with E-state index in [0.717, 1.165) is 6.42 Å². The molecule has 1 fully saturated rings. The predicted molar refractivity (Wildman–Crippen MR) is 168 cm³/mol. The molecule has 1 aromatic heterocycles. The van der Waals surface area contributed by atoms with E-state index in [-0.39, 0.29) is 30.0 Å². The second-order valence-corrected chi connectivity index (χ2v) is 10.8. The maximum absolute atomic E-state index is 14.0. The number of ether oxygens (including phenoxy) is 3. The Hall–Kier alpha value is -4.69. The van der Waals surface area contributed by atoms with Gasteiger partial charge in [-0.05, 0) is 44.4 Å². The number of rotatable bonds is 11. The number of aromatic nitrogens is 1. The first-order valence-electron chi connectivity index (χ1n) is 14.0. The number of fused-ring (bicyclic) bond motifs is 1. The van der Waals surface area contributed by atoms with E-state index in [1.807, 2.05) is 19.0 Å². The number of carbonyl (C=O) groups excluding carboxylic acids is 1. The summed E-state index contributed by atoms with van der Waals surface area (Å²) in [6, 6.07) is 17.1. The quantitative estimate of drug-likeness (QED) is 0.185. The average Bonchev–Trinajstić information content (AvgIpc) is 3.51. The van der Waals surface area contributed by atoms with Crippen molar-refractivity contribution < 1.29 is 23.4 Å². The largest absolute Gasteiger partial charge is 0.487 e. The lowest BCUT2D eigenvalue weighted by atomic mass is 10.1. The number of likely N-dealkylation sites (N-methyl/N-ethyl adjacent to an activating group) is 1. The molecule has 1 aliphatic rings. The summed E-state index contributed by atoms with van der Waals surface area (Å²) in [6.07, 6.45) is 5.26. The third kappa shape index (κ3) is 7.63. The molecule has 0 radical (unpaired) electrons. The highest BCUT2D eigenvalue weighted by atomic mass is 35.5. The number of nitrogens with one attached hydrogen (secondary N) is 2. The molecule has 1 amide bonds. The fraction of sp³-hybridized carbons (Fsp3) is 0.242. The first kappa shape index (κ1) is 30.8. The van der Waals surface area contributed by atoms with Crippen molar-refractivity contribution in [3.8, 4) is 17.6 Å². The number of amides is 1. The Morgan fingerprint density at radius 2 is 2.07 bits per heavy atom. The molecule has 226 valence electrons. The van der Waals surface area contributed by atoms with Crippen molar-refractivity contribution in [2.24, 2.45) is 0 Å². The third-order valence-corrected chi connectivity index (χ3v) is 7.11. The summed E-state index contributed by atoms with van der Waals surface area (Å²) in [5.74, 6) is 0.145. The van der Waals surface area contributed by atoms with Gasteiger partial charge in [0.1, 0.15) is 36.1 Å². The van der Waals surface area contributed by atoms with Crippen LogP contribution in [0.25, 0.3) is 10.9 Å². The van der Waals surface area contributed by atoms with Gasteiger partial charge in [-0.3, -0.25) is 9.78 Å². The zero-order chi connectivity index (χ0) is 31.1. The van der Waals surface area contributed by atoms with Gasteiger partial charge < -0.3 is 29.7 Å². The summed E-state index contributed by atoms with van der Waals surface area (Å²) < 4.78 is 31.4. The Kier molecular flexibility index (Phi) is 9.92. The summed E-state index contributed by atoms with van der Waals surface area (Å²) in [7, 11) is 3.82. The number of halogens is 2. The number of hydrogen-bond donors (Lipinski definition) is 2. The molecule has 0 aliphatic carbocycles. The average molecular weight is 616 g/mol. The zero-order valence-electron chi connectivity index (χ0n) is 24.3. The van der Waals surface area contributed by atoms with Gasteiger partial charge in [0.2, 0.25) is 5.91 Å². The molecule has 1 unspecified atom stereocenters. The van der Waals surface area contributed by atoms with Crippen LogP contribution in [0.3, 0.4) is 0 Å². The van der Waals surface area contributed by atoms with Gasteiger partial charge in [-0.2, -0.15) is 5.26 Å². The third-order valence-electron chi connectivity index (χ3n) is 6.81. The van der Waals surface area contributed by atoms with Gasteiger partial charge in [-0.25, -0.2) is 4.39 Å². The fourth-order valence-corrected chi connectivity index (χ4v) is 4.81. The van der Waals surface area contributed by atoms with Crippen molar-refractivity contribution >= 4 is 45.5 Å². The maximum atomic E-state index is 14.0. The maximum Gasteiger partial charge on any atom is 0.248 e. The first-order valence-corrected chi connectivity index (χ1v) is 14.3. The standard InChI is InChI=1S/C33H31ClFN5O4/c1-40(2)12-5-8-32(41)39-29-15-25-28(16-31(29)44-24-11-13-42-20-24)37-18-22(17-36)33(25)38-23-9-10-30(26(34)14-23)43-19-21-6-3-4-7-27(21)35/h3-10,14-16,18,24H,11-13,19-20H2,1-2H3,(H,37,38)(H,39,41). The SMILES string of the molecule is CN(C)CC=CC(=O)Nc1cc2c(Nc3ccc(OCc4ccccc4F)c(Cl)c3)c(C#N)cnc2cc1OC1CCOC1. The summed E-state index contributed by atoms with van der Waals surface area (Å²) in [4.78, 5) is 19.3. The van der Waals surface area contributed by atoms with E-state index in [4.69, 9.17) is 25.8 Å². The summed E-state index contributed by atoms with van der Waals surface area (Å²) in [5.41, 5.74) is 2.74. The van der Waals surface area contributed by atoms with E-state index in [1.54, 1.807) is 54.6 Å². The van der Waals surface area contributed by atoms with Crippen LogP contribution in [0.2, 0.25) is 5.02 Å². The van der Waals surface area contributed by atoms with Gasteiger partial charge >= 0.3 is 0 Å². The molecule has 3 aromatic carbocycles. The lowest BCUT2D eigenvalue weighted by Crippen LogP contribution is -2.18. The molecule has 44 heavy (non-hydrogen) atoms. The van der Waals surface area contributed by atoms with Gasteiger partial charge in [0.05, 0.1) is 40.7 Å². The van der Waals surface area contributed by atoms with Gasteiger partial charge in [-0.15, -0.1) is 0 Å². The van der Waals surface area contributed by atoms with Crippen LogP contribution in [0.5, 0.6) is 11.5 Å². The minimum absolute atomic E-state index is 0.0168. The molecule has 1 atom stereocenters. The monoisotopic (exact) mass is 615 g/mol. The van der Waals surface area contributed by atoms with Gasteiger partial charge in [0.25, 0.3) is 0 Å². The zero-order valence-corrected chi connectivity index (χ0v) is 25.0. The van der Waals surface area contributed by atoms with Crippen LogP contribution >= 0.6 is 11.6 Å². The van der Waals surface area contributed by atoms with Crippen LogP contribution in [0.1, 0.15) is 17.5 Å². The molecular formula is C33H31ClFN5O4. The summed E-state index contributed by atoms with van der Waals surface area (Å²) in [6.45, 7) is 1.67. The second kappa shape index (κ2) is 14.2. The molecule has 0 spiro atoms. The van der Waals surface area contributed by atoms with Crippen LogP contribution in [-0.4, -0.2) is 55.7 Å². The highest BCUT2D eigenvalue weighted by Crippen LogP contribution is 2.38. The number of anilines is 3. The summed E-state index contributed by atoms with van der Waals surface area (Å²) >= 11 is 6.52. The molecular weight excluding hydrogens is 585 g/mol. The minimum atomic E-state index is -0.360. The number of carbonyl (C=O) groups is 1. The Morgan fingerprint density at radius 3 is 2.80 bits per heavy atom. The number of nitrogens with zero attached hydrogens (tertiary/aromatic N) is 3. The highest BCUT2D eigenvalue weighted by molar-refractivity contribution is 6.32. The molecule has 4 aromatic rings. The normalized spacial score (nSPS) is 14.6. The van der Waals surface area contributed by atoms with Crippen molar-refractivity contribution in [3.63, 3.8) is 0 Å². The fourth-order valence-electron chi connectivity index (χ4n) is 4.58. The molecule has 0 bridgehead atoms. The molecule has 2 heterocycles. The van der Waals surface area contributed by atoms with E-state index < -0.39 is 0 Å². The molecule has 1 aliphatic heterocycles. The van der Waals surface area contributed by atoms with E-state index in [0.29, 0.717) is 69.8 Å². The number of nitriles is 1. The minimum Gasteiger partial charge on any atom is -0.487 e. The van der Waals surface area contributed by atoms with Gasteiger partial charge in [0, 0.05) is 47.9 Å². The number of hydrogen-bond acceptors (Lipinski definition) is 8. The highest BCUT2D eigenvalue weighted by Gasteiger charge is 2.21. The predicted octanol–water partition coefficient (Wildman–Crippen LogP) is 6.45. The van der Waals surface area contributed by atoms with Crippen LogP contribution in [0, 0.1) is 17.1 Å². The lowest BCUT2D eigenvalue weighted by molar-refractivity contribution is -0.111. The van der Waals surface area contributed by atoms with Crippen molar-refractivity contribution in [1.82, 2.24) is 9.88 Å². The molecule has 0 saturated carbocycles. The Bertz CT molecular complexity index is 1730. The van der Waals surface area contributed by atoms with Gasteiger partial charge in [0.15, 0.2) is 0 Å². The van der Waals surface area contributed by atoms with Crippen LogP contribution < -0.4 is 20.1 Å². The van der Waals surface area contributed by atoms with Crippen molar-refractivity contribution in [2.75, 3.05) is 44.5 Å². The molecule has 1 saturated heterocycles. The second-order valence-electron chi connectivity index (χ2n) is 10.4. The van der Waals surface area contributed by atoms with Crippen molar-refractivity contribution in [2.45, 2.75) is 19.1 Å². The molecule has 9 nitrogen and oxygen atoms in total. The van der Waals surface area contributed by atoms with Crippen molar-refractivity contribution in [3.05, 3.63) is 94.9 Å². The Balaban J connectivity index is 1.45. The summed E-state index contributed by atoms with van der Waals surface area (Å²) in [5, 5.41) is 17.0. The Labute approximate surface area is 259 Å². The van der Waals surface area contributed by atoms with E-state index >= 15 is 0 Å². The van der Waals surface area contributed by atoms with Gasteiger partial charge in [-0.1, -0.05) is 35.9 Å². The lowest BCUT2D eigenvalue weighted by Gasteiger charge is -2.19. The molecule has 2 N–H and O–H groups in total. The molecule has 11 heteroatoms. The van der Waals surface area contributed by atoms with E-state index in [2.05, 4.69) is 21.7 Å².